The van der Waals surface area contributed by atoms with E-state index in [0.717, 1.165) is 0 Å². The number of fused-ring (bicyclic) bond motifs is 1. The number of hydrogen-bond donors (Lipinski definition) is 0. The van der Waals surface area contributed by atoms with Gasteiger partial charge in [0.25, 0.3) is 0 Å². The van der Waals surface area contributed by atoms with Crippen LogP contribution in [-0.4, -0.2) is 17.4 Å². The summed E-state index contributed by atoms with van der Waals surface area (Å²) in [5, 5.41) is 0.346. The number of ether oxygens (including phenoxy) is 1. The molecule has 0 aliphatic carbocycles. The first-order valence-corrected chi connectivity index (χ1v) is 3.47. The second-order valence-electron chi connectivity index (χ2n) is 2.22. The molecule has 4 heteroatoms. The van der Waals surface area contributed by atoms with Crippen molar-refractivity contribution < 1.29 is 9.53 Å². The fourth-order valence-corrected chi connectivity index (χ4v) is 1.11. The summed E-state index contributed by atoms with van der Waals surface area (Å²) < 4.78 is 5.02. The van der Waals surface area contributed by atoms with Gasteiger partial charge in [0, 0.05) is 12.3 Å². The van der Waals surface area contributed by atoms with E-state index in [1.165, 1.54) is 6.20 Å². The van der Waals surface area contributed by atoms with Gasteiger partial charge in [0.05, 0.1) is 5.56 Å². The Bertz CT molecular complexity index is 324. The quantitative estimate of drug-likeness (QED) is 0.550. The first-order chi connectivity index (χ1) is 5.27. The number of pyridine rings is 1. The van der Waals surface area contributed by atoms with Crippen molar-refractivity contribution in [3.05, 3.63) is 23.0 Å². The van der Waals surface area contributed by atoms with E-state index >= 15 is 0 Å². The highest BCUT2D eigenvalue weighted by Crippen LogP contribution is 2.25. The molecule has 0 amide bonds. The van der Waals surface area contributed by atoms with Crippen LogP contribution >= 0.6 is 11.6 Å². The summed E-state index contributed by atoms with van der Waals surface area (Å²) in [6.45, 7) is 0.108. The summed E-state index contributed by atoms with van der Waals surface area (Å²) in [6.07, 6.45) is 1.44. The lowest BCUT2D eigenvalue weighted by Gasteiger charge is -1.94. The Labute approximate surface area is 68.0 Å². The van der Waals surface area contributed by atoms with Crippen LogP contribution in [0.3, 0.4) is 0 Å². The third-order valence-corrected chi connectivity index (χ3v) is 1.70. The lowest BCUT2D eigenvalue weighted by atomic mass is 10.2. The second kappa shape index (κ2) is 2.20. The van der Waals surface area contributed by atoms with Crippen LogP contribution in [0, 0.1) is 0 Å². The summed E-state index contributed by atoms with van der Waals surface area (Å²) in [5.74, 6) is 0.499. The van der Waals surface area contributed by atoms with Gasteiger partial charge < -0.3 is 4.74 Å². The van der Waals surface area contributed by atoms with Crippen molar-refractivity contribution in [2.45, 2.75) is 0 Å². The van der Waals surface area contributed by atoms with Crippen LogP contribution in [0.1, 0.15) is 10.4 Å². The van der Waals surface area contributed by atoms with Gasteiger partial charge in [-0.2, -0.15) is 0 Å². The van der Waals surface area contributed by atoms with Gasteiger partial charge in [0.2, 0.25) is 5.78 Å². The number of nitrogens with zero attached hydrogens (tertiary/aromatic N) is 1. The van der Waals surface area contributed by atoms with Crippen molar-refractivity contribution in [1.29, 1.82) is 0 Å². The minimum absolute atomic E-state index is 0.0378. The average Bonchev–Trinajstić information content (AvgIpc) is 2.32. The Kier molecular flexibility index (Phi) is 1.32. The maximum atomic E-state index is 11.0. The van der Waals surface area contributed by atoms with Crippen LogP contribution in [0.25, 0.3) is 0 Å². The Morgan fingerprint density at radius 3 is 3.27 bits per heavy atom. The molecule has 0 N–H and O–H groups in total. The van der Waals surface area contributed by atoms with Crippen LogP contribution in [0.15, 0.2) is 12.3 Å². The average molecular weight is 170 g/mol. The summed E-state index contributed by atoms with van der Waals surface area (Å²) in [6, 6.07) is 1.54. The molecule has 1 aliphatic rings. The first-order valence-electron chi connectivity index (χ1n) is 3.09. The highest BCUT2D eigenvalue weighted by Gasteiger charge is 2.21. The minimum Gasteiger partial charge on any atom is -0.484 e. The lowest BCUT2D eigenvalue weighted by Crippen LogP contribution is -1.98. The van der Waals surface area contributed by atoms with Crippen molar-refractivity contribution in [3.8, 4) is 5.75 Å². The van der Waals surface area contributed by atoms with Crippen LogP contribution in [-0.2, 0) is 0 Å². The molecular weight excluding hydrogens is 166 g/mol. The molecular formula is C7H4ClNO2. The SMILES string of the molecule is O=C1COc2cc(Cl)ncc21. The second-order valence-corrected chi connectivity index (χ2v) is 2.60. The zero-order valence-corrected chi connectivity index (χ0v) is 6.26. The molecule has 0 radical (unpaired) electrons. The Morgan fingerprint density at radius 1 is 1.64 bits per heavy atom. The molecule has 11 heavy (non-hydrogen) atoms. The highest BCUT2D eigenvalue weighted by atomic mass is 35.5. The van der Waals surface area contributed by atoms with Gasteiger partial charge in [-0.1, -0.05) is 11.6 Å². The first kappa shape index (κ1) is 6.61. The third-order valence-electron chi connectivity index (χ3n) is 1.49. The van der Waals surface area contributed by atoms with E-state index in [1.807, 2.05) is 0 Å². The van der Waals surface area contributed by atoms with E-state index in [-0.39, 0.29) is 12.4 Å². The summed E-state index contributed by atoms with van der Waals surface area (Å²) >= 11 is 5.57. The Balaban J connectivity index is 2.59. The van der Waals surface area contributed by atoms with E-state index in [4.69, 9.17) is 16.3 Å². The number of carbonyl (C=O) groups is 1. The molecule has 3 nitrogen and oxygen atoms in total. The molecule has 1 aromatic heterocycles. The largest absolute Gasteiger partial charge is 0.484 e. The Hall–Kier alpha value is -1.09. The number of carbonyl (C=O) groups excluding carboxylic acids is 1. The van der Waals surface area contributed by atoms with Gasteiger partial charge in [0.1, 0.15) is 10.9 Å². The van der Waals surface area contributed by atoms with Gasteiger partial charge in [0.15, 0.2) is 6.61 Å². The number of aromatic nitrogens is 1. The van der Waals surface area contributed by atoms with E-state index in [1.54, 1.807) is 6.07 Å². The van der Waals surface area contributed by atoms with E-state index in [0.29, 0.717) is 16.5 Å². The van der Waals surface area contributed by atoms with Crippen molar-refractivity contribution in [1.82, 2.24) is 4.98 Å². The number of Topliss-reactive ketones (excluding diaryl/α,β-unsaturated/α-hetero) is 1. The van der Waals surface area contributed by atoms with Gasteiger partial charge in [-0.15, -0.1) is 0 Å². The van der Waals surface area contributed by atoms with E-state index < -0.39 is 0 Å². The molecule has 0 bridgehead atoms. The number of rotatable bonds is 0. The predicted molar refractivity (Wildman–Crippen MR) is 39.1 cm³/mol. The van der Waals surface area contributed by atoms with Gasteiger partial charge >= 0.3 is 0 Å². The summed E-state index contributed by atoms with van der Waals surface area (Å²) in [7, 11) is 0. The molecule has 0 saturated carbocycles. The Morgan fingerprint density at radius 2 is 2.45 bits per heavy atom. The van der Waals surface area contributed by atoms with Gasteiger partial charge in [-0.3, -0.25) is 4.79 Å². The minimum atomic E-state index is -0.0378. The lowest BCUT2D eigenvalue weighted by molar-refractivity contribution is 0.0961. The standard InChI is InChI=1S/C7H4ClNO2/c8-7-1-6-4(2-9-7)5(10)3-11-6/h1-2H,3H2. The third kappa shape index (κ3) is 0.973. The topological polar surface area (TPSA) is 39.2 Å². The molecule has 1 aromatic rings. The molecule has 2 rings (SSSR count). The van der Waals surface area contributed by atoms with E-state index in [9.17, 15) is 4.79 Å². The number of halogens is 1. The molecule has 0 fully saturated rings. The van der Waals surface area contributed by atoms with Crippen LogP contribution in [0.2, 0.25) is 5.15 Å². The molecule has 2 heterocycles. The summed E-state index contributed by atoms with van der Waals surface area (Å²) in [5.41, 5.74) is 0.523. The molecule has 56 valence electrons. The summed E-state index contributed by atoms with van der Waals surface area (Å²) in [4.78, 5) is 14.7. The highest BCUT2D eigenvalue weighted by molar-refractivity contribution is 6.29. The fourth-order valence-electron chi connectivity index (χ4n) is 0.963. The maximum absolute atomic E-state index is 11.0. The zero-order chi connectivity index (χ0) is 7.84. The van der Waals surface area contributed by atoms with Crippen molar-refractivity contribution in [3.63, 3.8) is 0 Å². The monoisotopic (exact) mass is 169 g/mol. The maximum Gasteiger partial charge on any atom is 0.205 e. The van der Waals surface area contributed by atoms with Gasteiger partial charge in [-0.05, 0) is 0 Å². The fraction of sp³-hybridized carbons (Fsp3) is 0.143. The van der Waals surface area contributed by atoms with Crippen LogP contribution in [0.5, 0.6) is 5.75 Å². The van der Waals surface area contributed by atoms with Crippen molar-refractivity contribution >= 4 is 17.4 Å². The smallest absolute Gasteiger partial charge is 0.205 e. The van der Waals surface area contributed by atoms with Crippen molar-refractivity contribution in [2.75, 3.05) is 6.61 Å². The number of ketones is 1. The molecule has 0 atom stereocenters. The molecule has 1 aliphatic heterocycles. The van der Waals surface area contributed by atoms with Crippen molar-refractivity contribution in [2.24, 2.45) is 0 Å². The van der Waals surface area contributed by atoms with E-state index in [2.05, 4.69) is 4.98 Å². The molecule has 0 saturated heterocycles. The van der Waals surface area contributed by atoms with Crippen LogP contribution < -0.4 is 4.74 Å². The molecule has 0 spiro atoms. The zero-order valence-electron chi connectivity index (χ0n) is 5.50. The predicted octanol–water partition coefficient (Wildman–Crippen LogP) is 1.31. The van der Waals surface area contributed by atoms with Crippen LogP contribution in [0.4, 0.5) is 0 Å². The number of hydrogen-bond acceptors (Lipinski definition) is 3. The normalized spacial score (nSPS) is 14.5. The van der Waals surface area contributed by atoms with Gasteiger partial charge in [-0.25, -0.2) is 4.98 Å². The molecule has 0 aromatic carbocycles. The molecule has 0 unspecified atom stereocenters.